The van der Waals surface area contributed by atoms with E-state index in [4.69, 9.17) is 0 Å². The summed E-state index contributed by atoms with van der Waals surface area (Å²) in [4.78, 5) is 12.5. The first-order valence-corrected chi connectivity index (χ1v) is 27.1. The molecule has 0 saturated carbocycles. The Morgan fingerprint density at radius 1 is 0.391 bits per heavy atom. The minimum Gasteiger partial charge on any atom is -0.394 e. The van der Waals surface area contributed by atoms with E-state index in [9.17, 15) is 15.0 Å². The molecule has 0 aliphatic heterocycles. The first-order chi connectivity index (χ1) is 31.7. The zero-order valence-corrected chi connectivity index (χ0v) is 42.0. The summed E-state index contributed by atoms with van der Waals surface area (Å²) >= 11 is 0. The van der Waals surface area contributed by atoms with Crippen molar-refractivity contribution in [2.75, 3.05) is 6.61 Å². The van der Waals surface area contributed by atoms with Gasteiger partial charge in [0.1, 0.15) is 0 Å². The van der Waals surface area contributed by atoms with Crippen molar-refractivity contribution in [2.24, 2.45) is 0 Å². The van der Waals surface area contributed by atoms with Gasteiger partial charge in [-0.05, 0) is 83.5 Å². The molecule has 0 aromatic rings. The van der Waals surface area contributed by atoms with Crippen LogP contribution in [0.15, 0.2) is 109 Å². The SMILES string of the molecule is CC/C=C\C/C=C\C/C=C\C/C=C\C/C=C\C/C=C\C/C=C\C/C=C\CCCCCCCCCCCCC(=O)NC(CO)C(O)/C=C/CCCCCCCCCCCCCCCCC. The highest BCUT2D eigenvalue weighted by atomic mass is 16.3. The van der Waals surface area contributed by atoms with Gasteiger partial charge in [0.25, 0.3) is 0 Å². The molecule has 0 aliphatic carbocycles. The van der Waals surface area contributed by atoms with E-state index in [0.717, 1.165) is 77.0 Å². The minimum atomic E-state index is -0.847. The Hall–Kier alpha value is -2.95. The Bertz CT molecular complexity index is 1230. The molecule has 64 heavy (non-hydrogen) atoms. The number of aliphatic hydroxyl groups excluding tert-OH is 2. The summed E-state index contributed by atoms with van der Waals surface area (Å²) in [7, 11) is 0. The van der Waals surface area contributed by atoms with Gasteiger partial charge in [0.2, 0.25) is 5.91 Å². The third-order valence-electron chi connectivity index (χ3n) is 11.8. The number of carbonyl (C=O) groups is 1. The van der Waals surface area contributed by atoms with E-state index in [1.165, 1.54) is 148 Å². The van der Waals surface area contributed by atoms with Gasteiger partial charge < -0.3 is 15.5 Å². The van der Waals surface area contributed by atoms with Crippen molar-refractivity contribution in [2.45, 2.75) is 257 Å². The van der Waals surface area contributed by atoms with E-state index in [-0.39, 0.29) is 12.5 Å². The molecule has 1 amide bonds. The maximum Gasteiger partial charge on any atom is 0.220 e. The second kappa shape index (κ2) is 54.4. The number of aliphatic hydroxyl groups is 2. The van der Waals surface area contributed by atoms with Crippen LogP contribution in [0, 0.1) is 0 Å². The van der Waals surface area contributed by atoms with Gasteiger partial charge in [-0.1, -0.05) is 264 Å². The number of nitrogens with one attached hydrogen (secondary N) is 1. The highest BCUT2D eigenvalue weighted by Gasteiger charge is 2.18. The van der Waals surface area contributed by atoms with Gasteiger partial charge >= 0.3 is 0 Å². The normalized spacial score (nSPS) is 13.8. The predicted octanol–water partition coefficient (Wildman–Crippen LogP) is 17.9. The molecule has 0 radical (unpaired) electrons. The van der Waals surface area contributed by atoms with Gasteiger partial charge in [-0.2, -0.15) is 0 Å². The lowest BCUT2D eigenvalue weighted by atomic mass is 10.0. The molecule has 0 saturated heterocycles. The zero-order chi connectivity index (χ0) is 46.3. The van der Waals surface area contributed by atoms with Crippen molar-refractivity contribution in [3.8, 4) is 0 Å². The largest absolute Gasteiger partial charge is 0.394 e. The highest BCUT2D eigenvalue weighted by molar-refractivity contribution is 5.76. The molecule has 2 unspecified atom stereocenters. The molecule has 0 aromatic heterocycles. The number of unbranched alkanes of at least 4 members (excludes halogenated alkanes) is 25. The fourth-order valence-corrected chi connectivity index (χ4v) is 7.66. The Kier molecular flexibility index (Phi) is 51.9. The van der Waals surface area contributed by atoms with Crippen molar-refractivity contribution >= 4 is 5.91 Å². The molecule has 0 bridgehead atoms. The van der Waals surface area contributed by atoms with E-state index in [1.54, 1.807) is 6.08 Å². The number of hydrogen-bond donors (Lipinski definition) is 3. The van der Waals surface area contributed by atoms with Gasteiger partial charge in [0.15, 0.2) is 0 Å². The number of carbonyl (C=O) groups excluding carboxylic acids is 1. The van der Waals surface area contributed by atoms with Gasteiger partial charge in [-0.25, -0.2) is 0 Å². The average Bonchev–Trinajstić information content (AvgIpc) is 3.30. The molecular formula is C60H103NO3. The minimum absolute atomic E-state index is 0.0722. The van der Waals surface area contributed by atoms with E-state index in [2.05, 4.69) is 116 Å². The Balaban J connectivity index is 3.60. The van der Waals surface area contributed by atoms with Crippen LogP contribution in [-0.4, -0.2) is 34.9 Å². The summed E-state index contributed by atoms with van der Waals surface area (Å²) in [5.74, 6) is -0.0722. The molecule has 0 rings (SSSR count). The second-order valence-corrected chi connectivity index (χ2v) is 17.9. The van der Waals surface area contributed by atoms with Crippen LogP contribution in [0.1, 0.15) is 245 Å². The average molecular weight is 886 g/mol. The number of rotatable bonds is 48. The number of amides is 1. The summed E-state index contributed by atoms with van der Waals surface area (Å²) in [6.07, 6.45) is 82.3. The van der Waals surface area contributed by atoms with Gasteiger partial charge in [-0.15, -0.1) is 0 Å². The summed E-state index contributed by atoms with van der Waals surface area (Å²) in [5.41, 5.74) is 0. The highest BCUT2D eigenvalue weighted by Crippen LogP contribution is 2.15. The molecule has 0 heterocycles. The summed E-state index contributed by atoms with van der Waals surface area (Å²) in [5, 5.41) is 23.1. The number of allylic oxidation sites excluding steroid dienone is 17. The first kappa shape index (κ1) is 61.0. The van der Waals surface area contributed by atoms with Crippen LogP contribution in [-0.2, 0) is 4.79 Å². The van der Waals surface area contributed by atoms with Crippen LogP contribution in [0.25, 0.3) is 0 Å². The fourth-order valence-electron chi connectivity index (χ4n) is 7.66. The van der Waals surface area contributed by atoms with Crippen molar-refractivity contribution in [1.29, 1.82) is 0 Å². The maximum absolute atomic E-state index is 12.5. The monoisotopic (exact) mass is 886 g/mol. The van der Waals surface area contributed by atoms with Crippen LogP contribution in [0.2, 0.25) is 0 Å². The van der Waals surface area contributed by atoms with Crippen LogP contribution in [0.5, 0.6) is 0 Å². The van der Waals surface area contributed by atoms with Crippen molar-refractivity contribution in [1.82, 2.24) is 5.32 Å². The van der Waals surface area contributed by atoms with E-state index in [0.29, 0.717) is 6.42 Å². The molecule has 0 spiro atoms. The maximum atomic E-state index is 12.5. The van der Waals surface area contributed by atoms with Crippen LogP contribution >= 0.6 is 0 Å². The lowest BCUT2D eigenvalue weighted by Gasteiger charge is -2.20. The van der Waals surface area contributed by atoms with Crippen LogP contribution in [0.3, 0.4) is 0 Å². The van der Waals surface area contributed by atoms with E-state index < -0.39 is 12.1 Å². The topological polar surface area (TPSA) is 69.6 Å². The molecular weight excluding hydrogens is 783 g/mol. The zero-order valence-electron chi connectivity index (χ0n) is 42.0. The standard InChI is InChI=1S/C60H103NO3/c1-3-5-7-9-11-13-15-17-19-21-22-23-24-25-26-27-28-29-30-31-32-33-34-35-36-37-38-40-42-44-46-48-50-52-54-56-60(64)61-58(57-62)59(63)55-53-51-49-47-45-43-41-39-20-18-16-14-12-10-8-6-4-2/h5,7,11,13,17,19,22-23,25-26,28-29,31-32,34-35,53,55,58-59,62-63H,3-4,6,8-10,12,14-16,18,20-21,24,27,30,33,36-52,54,56-57H2,1-2H3,(H,61,64)/b7-5-,13-11-,19-17-,23-22-,26-25-,29-28-,32-31-,35-34-,55-53+. The molecule has 366 valence electrons. The lowest BCUT2D eigenvalue weighted by molar-refractivity contribution is -0.123. The quantitative estimate of drug-likeness (QED) is 0.0421. The second-order valence-electron chi connectivity index (χ2n) is 17.9. The molecule has 0 fully saturated rings. The lowest BCUT2D eigenvalue weighted by Crippen LogP contribution is -2.45. The van der Waals surface area contributed by atoms with E-state index in [1.807, 2.05) is 6.08 Å². The van der Waals surface area contributed by atoms with Gasteiger partial charge in [-0.3, -0.25) is 4.79 Å². The summed E-state index contributed by atoms with van der Waals surface area (Å²) in [6, 6.07) is -0.631. The van der Waals surface area contributed by atoms with Gasteiger partial charge in [0, 0.05) is 6.42 Å². The van der Waals surface area contributed by atoms with Crippen molar-refractivity contribution < 1.29 is 15.0 Å². The smallest absolute Gasteiger partial charge is 0.220 e. The molecule has 3 N–H and O–H groups in total. The number of hydrogen-bond acceptors (Lipinski definition) is 3. The molecule has 4 nitrogen and oxygen atoms in total. The third kappa shape index (κ3) is 50.1. The molecule has 4 heteroatoms. The van der Waals surface area contributed by atoms with Crippen molar-refractivity contribution in [3.63, 3.8) is 0 Å². The van der Waals surface area contributed by atoms with Crippen LogP contribution < -0.4 is 5.32 Å². The fraction of sp³-hybridized carbons (Fsp3) is 0.683. The van der Waals surface area contributed by atoms with Crippen molar-refractivity contribution in [3.05, 3.63) is 109 Å². The molecule has 0 aromatic carbocycles. The van der Waals surface area contributed by atoms with Gasteiger partial charge in [0.05, 0.1) is 18.8 Å². The summed E-state index contributed by atoms with van der Waals surface area (Å²) < 4.78 is 0. The third-order valence-corrected chi connectivity index (χ3v) is 11.8. The molecule has 2 atom stereocenters. The van der Waals surface area contributed by atoms with E-state index >= 15 is 0 Å². The first-order valence-electron chi connectivity index (χ1n) is 27.1. The predicted molar refractivity (Wildman–Crippen MR) is 285 cm³/mol. The Morgan fingerprint density at radius 2 is 0.688 bits per heavy atom. The molecule has 0 aliphatic rings. The summed E-state index contributed by atoms with van der Waals surface area (Å²) in [6.45, 7) is 4.19. The Labute approximate surface area is 397 Å². The Morgan fingerprint density at radius 3 is 1.03 bits per heavy atom. The van der Waals surface area contributed by atoms with Crippen LogP contribution in [0.4, 0.5) is 0 Å².